The van der Waals surface area contributed by atoms with E-state index in [9.17, 15) is 24.9 Å². The lowest BCUT2D eigenvalue weighted by atomic mass is 9.81. The average molecular weight is 374 g/mol. The molecule has 1 fully saturated rings. The Kier molecular flexibility index (Phi) is 4.54. The van der Waals surface area contributed by atoms with E-state index in [-0.39, 0.29) is 34.1 Å². The van der Waals surface area contributed by atoms with Crippen LogP contribution in [0.2, 0.25) is 0 Å². The summed E-state index contributed by atoms with van der Waals surface area (Å²) >= 11 is 0. The number of methoxy groups -OCH3 is 2. The fraction of sp³-hybridized carbons (Fsp3) is 0.222. The summed E-state index contributed by atoms with van der Waals surface area (Å²) in [4.78, 5) is 24.6. The highest BCUT2D eigenvalue weighted by Gasteiger charge is 2.54. The van der Waals surface area contributed by atoms with Crippen LogP contribution in [0, 0.1) is 0 Å². The number of imide groups is 1. The Bertz CT molecular complexity index is 915. The van der Waals surface area contributed by atoms with Crippen molar-refractivity contribution in [3.05, 3.63) is 47.5 Å². The molecule has 2 aromatic rings. The third-order valence-corrected chi connectivity index (χ3v) is 4.46. The number of nitrogens with one attached hydrogen (secondary N) is 2. The summed E-state index contributed by atoms with van der Waals surface area (Å²) in [6, 6.07) is 7.31. The van der Waals surface area contributed by atoms with Crippen molar-refractivity contribution in [1.29, 1.82) is 0 Å². The van der Waals surface area contributed by atoms with Crippen LogP contribution in [0.1, 0.15) is 17.2 Å². The molecule has 1 aliphatic heterocycles. The third kappa shape index (κ3) is 2.87. The topological polar surface area (TPSA) is 137 Å². The molecular formula is C18H18N2O7. The van der Waals surface area contributed by atoms with E-state index < -0.39 is 23.6 Å². The summed E-state index contributed by atoms with van der Waals surface area (Å²) in [7, 11) is 2.68. The van der Waals surface area contributed by atoms with Crippen molar-refractivity contribution >= 4 is 11.9 Å². The van der Waals surface area contributed by atoms with Crippen molar-refractivity contribution in [2.75, 3.05) is 14.2 Å². The van der Waals surface area contributed by atoms with Gasteiger partial charge >= 0.3 is 6.03 Å². The van der Waals surface area contributed by atoms with E-state index in [1.54, 1.807) is 0 Å². The van der Waals surface area contributed by atoms with Crippen LogP contribution in [0.4, 0.5) is 4.79 Å². The molecule has 142 valence electrons. The summed E-state index contributed by atoms with van der Waals surface area (Å²) in [5.41, 5.74) is -1.46. The first-order valence-corrected chi connectivity index (χ1v) is 7.89. The maximum absolute atomic E-state index is 12.7. The molecule has 27 heavy (non-hydrogen) atoms. The monoisotopic (exact) mass is 374 g/mol. The van der Waals surface area contributed by atoms with Crippen molar-refractivity contribution in [3.63, 3.8) is 0 Å². The molecule has 1 heterocycles. The molecule has 3 amide bonds. The van der Waals surface area contributed by atoms with Crippen LogP contribution in [0.3, 0.4) is 0 Å². The molecule has 9 heteroatoms. The van der Waals surface area contributed by atoms with Crippen LogP contribution in [0.15, 0.2) is 36.4 Å². The number of aromatic hydroxyl groups is 2. The lowest BCUT2D eigenvalue weighted by Crippen LogP contribution is -2.49. The van der Waals surface area contributed by atoms with E-state index in [1.807, 2.05) is 0 Å². The second-order valence-corrected chi connectivity index (χ2v) is 5.94. The summed E-state index contributed by atoms with van der Waals surface area (Å²) in [5.74, 6) is -0.929. The zero-order valence-corrected chi connectivity index (χ0v) is 14.5. The van der Waals surface area contributed by atoms with Gasteiger partial charge in [-0.15, -0.1) is 0 Å². The Balaban J connectivity index is 2.17. The summed E-state index contributed by atoms with van der Waals surface area (Å²) in [5, 5.41) is 35.2. The van der Waals surface area contributed by atoms with Crippen LogP contribution >= 0.6 is 0 Å². The molecule has 0 unspecified atom stereocenters. The zero-order valence-electron chi connectivity index (χ0n) is 14.5. The molecule has 0 bridgehead atoms. The number of carbonyl (C=O) groups is 2. The largest absolute Gasteiger partial charge is 0.504 e. The number of phenols is 2. The van der Waals surface area contributed by atoms with E-state index in [1.165, 1.54) is 50.6 Å². The van der Waals surface area contributed by atoms with E-state index >= 15 is 0 Å². The van der Waals surface area contributed by atoms with E-state index in [2.05, 4.69) is 10.6 Å². The number of rotatable bonds is 5. The van der Waals surface area contributed by atoms with Crippen molar-refractivity contribution < 1.29 is 34.4 Å². The van der Waals surface area contributed by atoms with Crippen LogP contribution in [0.25, 0.3) is 0 Å². The predicted molar refractivity (Wildman–Crippen MR) is 92.6 cm³/mol. The fourth-order valence-electron chi connectivity index (χ4n) is 3.06. The number of urea groups is 1. The molecule has 0 saturated carbocycles. The molecule has 0 aliphatic carbocycles. The second kappa shape index (κ2) is 6.69. The molecule has 9 nitrogen and oxygen atoms in total. The SMILES string of the molecule is COc1cc([C@H](O)[C@]2(c3ccc(O)c(OC)c3)NC(=O)NC2=O)ccc1O. The molecule has 1 aliphatic rings. The minimum Gasteiger partial charge on any atom is -0.504 e. The van der Waals surface area contributed by atoms with E-state index in [0.29, 0.717) is 0 Å². The predicted octanol–water partition coefficient (Wildman–Crippen LogP) is 0.883. The average Bonchev–Trinajstić information content (AvgIpc) is 2.96. The number of aliphatic hydroxyl groups excluding tert-OH is 1. The van der Waals surface area contributed by atoms with E-state index in [0.717, 1.165) is 0 Å². The molecular weight excluding hydrogens is 356 g/mol. The van der Waals surface area contributed by atoms with Gasteiger partial charge in [0, 0.05) is 0 Å². The Labute approximate surface area is 154 Å². The highest BCUT2D eigenvalue weighted by molar-refractivity contribution is 6.08. The smallest absolute Gasteiger partial charge is 0.322 e. The van der Waals surface area contributed by atoms with Crippen LogP contribution < -0.4 is 20.1 Å². The van der Waals surface area contributed by atoms with Gasteiger partial charge in [-0.2, -0.15) is 0 Å². The number of phenolic OH excluding ortho intramolecular Hbond substituents is 2. The molecule has 0 radical (unpaired) electrons. The minimum atomic E-state index is -1.87. The zero-order chi connectivity index (χ0) is 19.8. The maximum atomic E-state index is 12.7. The van der Waals surface area contributed by atoms with Crippen molar-refractivity contribution in [2.24, 2.45) is 0 Å². The molecule has 0 aromatic heterocycles. The van der Waals surface area contributed by atoms with Gasteiger partial charge < -0.3 is 30.1 Å². The third-order valence-electron chi connectivity index (χ3n) is 4.46. The normalized spacial score (nSPS) is 20.0. The Morgan fingerprint density at radius 1 is 0.963 bits per heavy atom. The molecule has 1 saturated heterocycles. The summed E-state index contributed by atoms with van der Waals surface area (Å²) < 4.78 is 10.1. The quantitative estimate of drug-likeness (QED) is 0.490. The Hall–Kier alpha value is -3.46. The number of aliphatic hydroxyl groups is 1. The number of hydrogen-bond acceptors (Lipinski definition) is 7. The maximum Gasteiger partial charge on any atom is 0.322 e. The molecule has 0 spiro atoms. The first-order valence-electron chi connectivity index (χ1n) is 7.89. The van der Waals surface area contributed by atoms with Gasteiger partial charge in [-0.3, -0.25) is 10.1 Å². The van der Waals surface area contributed by atoms with Gasteiger partial charge in [-0.1, -0.05) is 12.1 Å². The van der Waals surface area contributed by atoms with E-state index in [4.69, 9.17) is 9.47 Å². The van der Waals surface area contributed by atoms with Gasteiger partial charge in [0.1, 0.15) is 6.10 Å². The lowest BCUT2D eigenvalue weighted by molar-refractivity contribution is -0.128. The highest BCUT2D eigenvalue weighted by atomic mass is 16.5. The number of carbonyl (C=O) groups excluding carboxylic acids is 2. The van der Waals surface area contributed by atoms with Crippen LogP contribution in [0.5, 0.6) is 23.0 Å². The van der Waals surface area contributed by atoms with Gasteiger partial charge in [0.2, 0.25) is 0 Å². The van der Waals surface area contributed by atoms with Crippen molar-refractivity contribution in [1.82, 2.24) is 10.6 Å². The van der Waals surface area contributed by atoms with Crippen LogP contribution in [-0.4, -0.2) is 41.5 Å². The minimum absolute atomic E-state index is 0.0660. The second-order valence-electron chi connectivity index (χ2n) is 5.94. The fourth-order valence-corrected chi connectivity index (χ4v) is 3.06. The first-order chi connectivity index (χ1) is 12.8. The first kappa shape index (κ1) is 18.3. The molecule has 5 N–H and O–H groups in total. The number of amides is 3. The van der Waals surface area contributed by atoms with Gasteiger partial charge in [0.15, 0.2) is 28.5 Å². The summed E-state index contributed by atoms with van der Waals surface area (Å²) in [6.45, 7) is 0. The number of hydrogen-bond donors (Lipinski definition) is 5. The number of benzene rings is 2. The standard InChI is InChI=1S/C18H18N2O7/c1-26-13-7-9(3-5-11(13)21)15(23)18(16(24)19-17(25)20-18)10-4-6-12(22)14(8-10)27-2/h3-8,15,21-23H,1-2H3,(H2,19,20,24,25)/t15-,18-/m0/s1. The number of ether oxygens (including phenoxy) is 2. The van der Waals surface area contributed by atoms with Gasteiger partial charge in [0.25, 0.3) is 5.91 Å². The van der Waals surface area contributed by atoms with Crippen molar-refractivity contribution in [3.8, 4) is 23.0 Å². The molecule has 3 rings (SSSR count). The van der Waals surface area contributed by atoms with Gasteiger partial charge in [0.05, 0.1) is 14.2 Å². The Morgan fingerprint density at radius 2 is 1.56 bits per heavy atom. The molecule has 2 atom stereocenters. The van der Waals surface area contributed by atoms with Gasteiger partial charge in [-0.25, -0.2) is 4.79 Å². The Morgan fingerprint density at radius 3 is 2.11 bits per heavy atom. The van der Waals surface area contributed by atoms with Crippen molar-refractivity contribution in [2.45, 2.75) is 11.6 Å². The summed E-state index contributed by atoms with van der Waals surface area (Å²) in [6.07, 6.45) is -1.53. The highest BCUT2D eigenvalue weighted by Crippen LogP contribution is 2.42. The van der Waals surface area contributed by atoms with Gasteiger partial charge in [-0.05, 0) is 35.4 Å². The van der Waals surface area contributed by atoms with Crippen LogP contribution in [-0.2, 0) is 10.3 Å². The molecule has 2 aromatic carbocycles. The lowest BCUT2D eigenvalue weighted by Gasteiger charge is -2.32.